The van der Waals surface area contributed by atoms with Gasteiger partial charge in [-0.1, -0.05) is 31.4 Å². The number of hydrogen-bond donors (Lipinski definition) is 1. The number of fused-ring (bicyclic) bond motifs is 3. The molecule has 1 N–H and O–H groups in total. The minimum absolute atomic E-state index is 0.0563. The molecule has 0 bridgehead atoms. The Morgan fingerprint density at radius 2 is 2.25 bits per heavy atom. The van der Waals surface area contributed by atoms with E-state index >= 15 is 0 Å². The van der Waals surface area contributed by atoms with Crippen molar-refractivity contribution < 1.29 is 9.53 Å². The van der Waals surface area contributed by atoms with Gasteiger partial charge in [0.05, 0.1) is 19.2 Å². The normalized spacial score (nSPS) is 25.8. The van der Waals surface area contributed by atoms with E-state index in [-0.39, 0.29) is 12.1 Å². The Morgan fingerprint density at radius 1 is 1.42 bits per heavy atom. The largest absolute Gasteiger partial charge is 0.497 e. The fourth-order valence-electron chi connectivity index (χ4n) is 4.01. The summed E-state index contributed by atoms with van der Waals surface area (Å²) < 4.78 is 5.39. The summed E-state index contributed by atoms with van der Waals surface area (Å²) in [7, 11) is 1.67. The minimum Gasteiger partial charge on any atom is -0.497 e. The maximum absolute atomic E-state index is 11.7. The van der Waals surface area contributed by atoms with E-state index in [4.69, 9.17) is 4.74 Å². The Morgan fingerprint density at radius 3 is 2.92 bits per heavy atom. The predicted molar refractivity (Wildman–Crippen MR) is 97.1 cm³/mol. The number of piperidine rings is 1. The van der Waals surface area contributed by atoms with Crippen LogP contribution >= 0.6 is 0 Å². The van der Waals surface area contributed by atoms with Crippen LogP contribution in [-0.4, -0.2) is 31.0 Å². The number of carbonyl (C=O) groups is 1. The Balaban J connectivity index is 2.11. The first kappa shape index (κ1) is 16.4. The molecule has 3 unspecified atom stereocenters. The minimum atomic E-state index is 0.0563. The molecule has 4 heteroatoms. The lowest BCUT2D eigenvalue weighted by molar-refractivity contribution is -0.123. The highest BCUT2D eigenvalue weighted by atomic mass is 16.5. The Kier molecular flexibility index (Phi) is 4.74. The highest BCUT2D eigenvalue weighted by Gasteiger charge is 2.42. The van der Waals surface area contributed by atoms with Gasteiger partial charge in [0.25, 0.3) is 0 Å². The maximum Gasteiger partial charge on any atom is 0.210 e. The average Bonchev–Trinajstić information content (AvgIpc) is 2.64. The zero-order chi connectivity index (χ0) is 17.1. The van der Waals surface area contributed by atoms with E-state index < -0.39 is 0 Å². The molecule has 0 aliphatic carbocycles. The molecular weight excluding hydrogens is 300 g/mol. The zero-order valence-electron chi connectivity index (χ0n) is 14.1. The van der Waals surface area contributed by atoms with E-state index in [2.05, 4.69) is 18.5 Å². The summed E-state index contributed by atoms with van der Waals surface area (Å²) in [5.74, 6) is 1.11. The SMILES string of the molecule is C=C/C=C(\C=C)C1Nc2ccc(OC)cc2C2C1CCCN2C=O. The topological polar surface area (TPSA) is 41.6 Å². The Hall–Kier alpha value is -2.49. The van der Waals surface area contributed by atoms with Gasteiger partial charge in [0.2, 0.25) is 6.41 Å². The van der Waals surface area contributed by atoms with E-state index in [1.165, 1.54) is 0 Å². The van der Waals surface area contributed by atoms with E-state index in [9.17, 15) is 4.79 Å². The first-order valence-corrected chi connectivity index (χ1v) is 8.34. The molecule has 4 nitrogen and oxygen atoms in total. The van der Waals surface area contributed by atoms with Crippen LogP contribution in [0.1, 0.15) is 24.4 Å². The molecule has 126 valence electrons. The molecule has 1 aromatic carbocycles. The molecule has 2 heterocycles. The van der Waals surface area contributed by atoms with Crippen molar-refractivity contribution in [3.63, 3.8) is 0 Å². The summed E-state index contributed by atoms with van der Waals surface area (Å²) in [4.78, 5) is 13.6. The molecule has 1 fully saturated rings. The van der Waals surface area contributed by atoms with Crippen LogP contribution in [0.2, 0.25) is 0 Å². The number of amides is 1. The molecule has 0 spiro atoms. The van der Waals surface area contributed by atoms with Crippen LogP contribution in [-0.2, 0) is 4.79 Å². The van der Waals surface area contributed by atoms with Crippen LogP contribution in [0.5, 0.6) is 5.75 Å². The van der Waals surface area contributed by atoms with E-state index in [1.54, 1.807) is 13.2 Å². The lowest BCUT2D eigenvalue weighted by Crippen LogP contribution is -2.48. The number of carbonyl (C=O) groups excluding carboxylic acids is 1. The number of rotatable bonds is 5. The van der Waals surface area contributed by atoms with Crippen molar-refractivity contribution in [3.05, 3.63) is 60.7 Å². The quantitative estimate of drug-likeness (QED) is 0.663. The molecule has 0 saturated carbocycles. The second kappa shape index (κ2) is 6.95. The van der Waals surface area contributed by atoms with Gasteiger partial charge in [0.15, 0.2) is 0 Å². The number of anilines is 1. The smallest absolute Gasteiger partial charge is 0.210 e. The lowest BCUT2D eigenvalue weighted by Gasteiger charge is -2.48. The van der Waals surface area contributed by atoms with Crippen LogP contribution in [0.15, 0.2) is 55.2 Å². The molecule has 1 aromatic rings. The molecule has 3 atom stereocenters. The van der Waals surface area contributed by atoms with Gasteiger partial charge in [-0.3, -0.25) is 4.79 Å². The first-order valence-electron chi connectivity index (χ1n) is 8.34. The number of allylic oxidation sites excluding steroid dienone is 2. The summed E-state index contributed by atoms with van der Waals surface area (Å²) in [6, 6.07) is 6.20. The van der Waals surface area contributed by atoms with Gasteiger partial charge in [0.1, 0.15) is 5.75 Å². The van der Waals surface area contributed by atoms with Gasteiger partial charge >= 0.3 is 0 Å². The zero-order valence-corrected chi connectivity index (χ0v) is 14.1. The van der Waals surface area contributed by atoms with Gasteiger partial charge < -0.3 is 15.0 Å². The Labute approximate surface area is 143 Å². The van der Waals surface area contributed by atoms with E-state index in [0.717, 1.165) is 48.4 Å². The molecule has 2 aliphatic heterocycles. The van der Waals surface area contributed by atoms with Gasteiger partial charge in [-0.15, -0.1) is 0 Å². The monoisotopic (exact) mass is 324 g/mol. The summed E-state index contributed by atoms with van der Waals surface area (Å²) in [5.41, 5.74) is 3.28. The second-order valence-electron chi connectivity index (χ2n) is 6.28. The van der Waals surface area contributed by atoms with Gasteiger partial charge in [-0.25, -0.2) is 0 Å². The number of hydrogen-bond acceptors (Lipinski definition) is 3. The highest BCUT2D eigenvalue weighted by molar-refractivity contribution is 5.63. The summed E-state index contributed by atoms with van der Waals surface area (Å²) in [5, 5.41) is 3.64. The third-order valence-electron chi connectivity index (χ3n) is 5.07. The number of benzene rings is 1. The highest BCUT2D eigenvalue weighted by Crippen LogP contribution is 2.47. The van der Waals surface area contributed by atoms with Crippen molar-refractivity contribution in [1.29, 1.82) is 0 Å². The van der Waals surface area contributed by atoms with Gasteiger partial charge in [-0.05, 0) is 36.6 Å². The van der Waals surface area contributed by atoms with E-state index in [0.29, 0.717) is 5.92 Å². The molecular formula is C20H24N2O2. The number of nitrogens with one attached hydrogen (secondary N) is 1. The van der Waals surface area contributed by atoms with Gasteiger partial charge in [-0.2, -0.15) is 0 Å². The van der Waals surface area contributed by atoms with Crippen molar-refractivity contribution in [2.24, 2.45) is 5.92 Å². The van der Waals surface area contributed by atoms with E-state index in [1.807, 2.05) is 35.3 Å². The molecule has 1 amide bonds. The van der Waals surface area contributed by atoms with Gasteiger partial charge in [0, 0.05) is 23.7 Å². The molecule has 3 rings (SSSR count). The lowest BCUT2D eigenvalue weighted by atomic mass is 9.74. The number of methoxy groups -OCH3 is 1. The van der Waals surface area contributed by atoms with Crippen molar-refractivity contribution >= 4 is 12.1 Å². The van der Waals surface area contributed by atoms with Crippen LogP contribution in [0.25, 0.3) is 0 Å². The van der Waals surface area contributed by atoms with Crippen LogP contribution in [0.4, 0.5) is 5.69 Å². The summed E-state index contributed by atoms with van der Waals surface area (Å²) >= 11 is 0. The fourth-order valence-corrected chi connectivity index (χ4v) is 4.01. The average molecular weight is 324 g/mol. The van der Waals surface area contributed by atoms with Crippen molar-refractivity contribution in [2.75, 3.05) is 19.0 Å². The van der Waals surface area contributed by atoms with Crippen LogP contribution in [0, 0.1) is 5.92 Å². The molecule has 24 heavy (non-hydrogen) atoms. The third-order valence-corrected chi connectivity index (χ3v) is 5.07. The van der Waals surface area contributed by atoms with Crippen LogP contribution < -0.4 is 10.1 Å². The fraction of sp³-hybridized carbons (Fsp3) is 0.350. The molecule has 0 radical (unpaired) electrons. The second-order valence-corrected chi connectivity index (χ2v) is 6.28. The molecule has 2 aliphatic rings. The Bertz CT molecular complexity index is 680. The molecule has 1 saturated heterocycles. The maximum atomic E-state index is 11.7. The van der Waals surface area contributed by atoms with Crippen molar-refractivity contribution in [2.45, 2.75) is 24.9 Å². The van der Waals surface area contributed by atoms with Crippen LogP contribution in [0.3, 0.4) is 0 Å². The van der Waals surface area contributed by atoms with Crippen molar-refractivity contribution in [3.8, 4) is 5.75 Å². The molecule has 0 aromatic heterocycles. The number of nitrogens with zero attached hydrogens (tertiary/aromatic N) is 1. The third kappa shape index (κ3) is 2.73. The number of likely N-dealkylation sites (tertiary alicyclic amines) is 1. The first-order chi connectivity index (χ1) is 11.7. The van der Waals surface area contributed by atoms with Crippen molar-refractivity contribution in [1.82, 2.24) is 4.90 Å². The summed E-state index contributed by atoms with van der Waals surface area (Å²) in [6.45, 7) is 8.56. The number of ether oxygens (including phenoxy) is 1. The predicted octanol–water partition coefficient (Wildman–Crippen LogP) is 3.70. The standard InChI is InChI=1S/C20H24N2O2/c1-4-7-14(5-2)19-16-8-6-11-22(13-23)20(16)17-12-15(24-3)9-10-18(17)21-19/h4-5,7,9-10,12-13,16,19-21H,1-2,6,8,11H2,3H3/b14-7+. The summed E-state index contributed by atoms with van der Waals surface area (Å²) in [6.07, 6.45) is 8.72.